The molecule has 1 amide bonds. The standard InChI is InChI=1S/C19H20ClIN2O4S/c20-17-12-16(28(25,26)23-10-2-1-3-11-23)8-9-18(17)27-13-19(24)22-15-6-4-14(21)5-7-15/h4-9,12H,1-3,10-11,13H2,(H,22,24). The summed E-state index contributed by atoms with van der Waals surface area (Å²) in [5, 5.41) is 2.88. The van der Waals surface area contributed by atoms with Gasteiger partial charge in [-0.3, -0.25) is 4.79 Å². The number of ether oxygens (including phenoxy) is 1. The highest BCUT2D eigenvalue weighted by Crippen LogP contribution is 2.29. The van der Waals surface area contributed by atoms with E-state index >= 15 is 0 Å². The molecule has 1 aliphatic heterocycles. The number of halogens is 2. The highest BCUT2D eigenvalue weighted by Gasteiger charge is 2.26. The van der Waals surface area contributed by atoms with Crippen LogP contribution in [-0.4, -0.2) is 38.3 Å². The number of piperidine rings is 1. The van der Waals surface area contributed by atoms with Crippen LogP contribution in [0.5, 0.6) is 5.75 Å². The molecule has 1 saturated heterocycles. The molecule has 0 aliphatic carbocycles. The third-order valence-electron chi connectivity index (χ3n) is 4.34. The Morgan fingerprint density at radius 3 is 2.43 bits per heavy atom. The lowest BCUT2D eigenvalue weighted by Gasteiger charge is -2.26. The molecular formula is C19H20ClIN2O4S. The van der Waals surface area contributed by atoms with E-state index in [1.807, 2.05) is 12.1 Å². The molecule has 0 saturated carbocycles. The summed E-state index contributed by atoms with van der Waals surface area (Å²) in [7, 11) is -3.56. The first kappa shape index (κ1) is 21.4. The monoisotopic (exact) mass is 534 g/mol. The van der Waals surface area contributed by atoms with Gasteiger partial charge >= 0.3 is 0 Å². The van der Waals surface area contributed by atoms with E-state index in [-0.39, 0.29) is 28.2 Å². The van der Waals surface area contributed by atoms with Crippen molar-refractivity contribution in [1.82, 2.24) is 4.31 Å². The molecule has 0 unspecified atom stereocenters. The normalized spacial score (nSPS) is 15.2. The fraction of sp³-hybridized carbons (Fsp3) is 0.316. The second kappa shape index (κ2) is 9.43. The number of amides is 1. The Morgan fingerprint density at radius 2 is 1.79 bits per heavy atom. The first-order valence-electron chi connectivity index (χ1n) is 8.84. The Bertz CT molecular complexity index is 945. The minimum absolute atomic E-state index is 0.134. The summed E-state index contributed by atoms with van der Waals surface area (Å²) in [6.07, 6.45) is 2.78. The summed E-state index contributed by atoms with van der Waals surface area (Å²) in [6.45, 7) is 0.817. The maximum Gasteiger partial charge on any atom is 0.262 e. The van der Waals surface area contributed by atoms with Crippen molar-refractivity contribution in [3.05, 3.63) is 51.1 Å². The highest BCUT2D eigenvalue weighted by atomic mass is 127. The van der Waals surface area contributed by atoms with Crippen LogP contribution in [0.1, 0.15) is 19.3 Å². The molecule has 1 fully saturated rings. The third kappa shape index (κ3) is 5.37. The lowest BCUT2D eigenvalue weighted by atomic mass is 10.2. The van der Waals surface area contributed by atoms with Crippen molar-refractivity contribution in [2.24, 2.45) is 0 Å². The van der Waals surface area contributed by atoms with E-state index in [4.69, 9.17) is 16.3 Å². The molecule has 2 aromatic rings. The molecule has 28 heavy (non-hydrogen) atoms. The number of carbonyl (C=O) groups is 1. The van der Waals surface area contributed by atoms with Gasteiger partial charge in [-0.2, -0.15) is 4.31 Å². The van der Waals surface area contributed by atoms with Crippen LogP contribution in [0.2, 0.25) is 5.02 Å². The third-order valence-corrected chi connectivity index (χ3v) is 7.25. The number of rotatable bonds is 6. The van der Waals surface area contributed by atoms with E-state index in [0.29, 0.717) is 18.8 Å². The largest absolute Gasteiger partial charge is 0.482 e. The van der Waals surface area contributed by atoms with Crippen molar-refractivity contribution < 1.29 is 17.9 Å². The summed E-state index contributed by atoms with van der Waals surface area (Å²) in [5.41, 5.74) is 0.670. The smallest absolute Gasteiger partial charge is 0.262 e. The topological polar surface area (TPSA) is 75.7 Å². The van der Waals surface area contributed by atoms with Gasteiger partial charge in [-0.15, -0.1) is 0 Å². The van der Waals surface area contributed by atoms with Crippen molar-refractivity contribution in [2.45, 2.75) is 24.2 Å². The minimum atomic E-state index is -3.56. The van der Waals surface area contributed by atoms with Gasteiger partial charge < -0.3 is 10.1 Å². The molecule has 0 atom stereocenters. The van der Waals surface area contributed by atoms with Gasteiger partial charge in [0.05, 0.1) is 9.92 Å². The Hall–Kier alpha value is -1.36. The number of nitrogens with zero attached hydrogens (tertiary/aromatic N) is 1. The Morgan fingerprint density at radius 1 is 1.11 bits per heavy atom. The van der Waals surface area contributed by atoms with E-state index < -0.39 is 10.0 Å². The van der Waals surface area contributed by atoms with Crippen molar-refractivity contribution in [1.29, 1.82) is 0 Å². The first-order valence-corrected chi connectivity index (χ1v) is 11.7. The molecule has 150 valence electrons. The molecule has 6 nitrogen and oxygen atoms in total. The number of hydrogen-bond acceptors (Lipinski definition) is 4. The lowest BCUT2D eigenvalue weighted by Crippen LogP contribution is -2.35. The van der Waals surface area contributed by atoms with Gasteiger partial charge in [-0.05, 0) is 77.9 Å². The fourth-order valence-electron chi connectivity index (χ4n) is 2.89. The number of anilines is 1. The highest BCUT2D eigenvalue weighted by molar-refractivity contribution is 14.1. The fourth-order valence-corrected chi connectivity index (χ4v) is 5.09. The molecule has 9 heteroatoms. The zero-order valence-corrected chi connectivity index (χ0v) is 18.8. The van der Waals surface area contributed by atoms with E-state index in [1.54, 1.807) is 12.1 Å². The number of benzene rings is 2. The van der Waals surface area contributed by atoms with Gasteiger partial charge in [0.15, 0.2) is 6.61 Å². The van der Waals surface area contributed by atoms with E-state index in [2.05, 4.69) is 27.9 Å². The Labute approximate surface area is 183 Å². The van der Waals surface area contributed by atoms with Gasteiger partial charge in [0.1, 0.15) is 5.75 Å². The van der Waals surface area contributed by atoms with Crippen LogP contribution in [0, 0.1) is 3.57 Å². The average molecular weight is 535 g/mol. The quantitative estimate of drug-likeness (QED) is 0.566. The number of nitrogens with one attached hydrogen (secondary N) is 1. The van der Waals surface area contributed by atoms with Crippen LogP contribution in [0.15, 0.2) is 47.4 Å². The zero-order valence-electron chi connectivity index (χ0n) is 15.0. The Kier molecular flexibility index (Phi) is 7.19. The van der Waals surface area contributed by atoms with Crippen LogP contribution in [-0.2, 0) is 14.8 Å². The van der Waals surface area contributed by atoms with Crippen molar-refractivity contribution in [2.75, 3.05) is 25.0 Å². The van der Waals surface area contributed by atoms with Crippen LogP contribution < -0.4 is 10.1 Å². The van der Waals surface area contributed by atoms with Gasteiger partial charge in [0, 0.05) is 22.3 Å². The molecule has 0 radical (unpaired) electrons. The maximum atomic E-state index is 12.7. The predicted octanol–water partition coefficient (Wildman–Crippen LogP) is 4.14. The van der Waals surface area contributed by atoms with Crippen molar-refractivity contribution in [3.63, 3.8) is 0 Å². The average Bonchev–Trinajstić information content (AvgIpc) is 2.69. The minimum Gasteiger partial charge on any atom is -0.482 e. The van der Waals surface area contributed by atoms with Gasteiger partial charge in [0.2, 0.25) is 10.0 Å². The second-order valence-electron chi connectivity index (χ2n) is 6.40. The van der Waals surface area contributed by atoms with E-state index in [0.717, 1.165) is 22.8 Å². The zero-order chi connectivity index (χ0) is 20.1. The SMILES string of the molecule is O=C(COc1ccc(S(=O)(=O)N2CCCCC2)cc1Cl)Nc1ccc(I)cc1. The molecular weight excluding hydrogens is 515 g/mol. The number of sulfonamides is 1. The molecule has 0 bridgehead atoms. The van der Waals surface area contributed by atoms with Gasteiger partial charge in [0.25, 0.3) is 5.91 Å². The van der Waals surface area contributed by atoms with Crippen molar-refractivity contribution >= 4 is 55.8 Å². The molecule has 0 spiro atoms. The lowest BCUT2D eigenvalue weighted by molar-refractivity contribution is -0.118. The van der Waals surface area contributed by atoms with Crippen LogP contribution in [0.25, 0.3) is 0 Å². The first-order chi connectivity index (χ1) is 13.4. The summed E-state index contributed by atoms with van der Waals surface area (Å²) in [6, 6.07) is 11.7. The van der Waals surface area contributed by atoms with E-state index in [9.17, 15) is 13.2 Å². The summed E-state index contributed by atoms with van der Waals surface area (Å²) >= 11 is 8.38. The van der Waals surface area contributed by atoms with Gasteiger partial charge in [-0.25, -0.2) is 8.42 Å². The molecule has 2 aromatic carbocycles. The summed E-state index contributed by atoms with van der Waals surface area (Å²) < 4.78 is 33.4. The number of carbonyl (C=O) groups excluding carboxylic acids is 1. The molecule has 1 aliphatic rings. The maximum absolute atomic E-state index is 12.7. The Balaban J connectivity index is 1.62. The van der Waals surface area contributed by atoms with Gasteiger partial charge in [-0.1, -0.05) is 18.0 Å². The second-order valence-corrected chi connectivity index (χ2v) is 9.99. The number of hydrogen-bond donors (Lipinski definition) is 1. The van der Waals surface area contributed by atoms with Crippen molar-refractivity contribution in [3.8, 4) is 5.75 Å². The molecule has 1 N–H and O–H groups in total. The molecule has 0 aromatic heterocycles. The molecule has 1 heterocycles. The van der Waals surface area contributed by atoms with Crippen LogP contribution in [0.3, 0.4) is 0 Å². The predicted molar refractivity (Wildman–Crippen MR) is 117 cm³/mol. The van der Waals surface area contributed by atoms with Crippen LogP contribution >= 0.6 is 34.2 Å². The van der Waals surface area contributed by atoms with E-state index in [1.165, 1.54) is 22.5 Å². The summed E-state index contributed by atoms with van der Waals surface area (Å²) in [5.74, 6) is -0.0701. The van der Waals surface area contributed by atoms with Crippen LogP contribution in [0.4, 0.5) is 5.69 Å². The molecule has 3 rings (SSSR count). The summed E-state index contributed by atoms with van der Waals surface area (Å²) in [4.78, 5) is 12.2.